The maximum Gasteiger partial charge on any atom is 0.225 e. The fourth-order valence-corrected chi connectivity index (χ4v) is 5.08. The van der Waals surface area contributed by atoms with Gasteiger partial charge in [-0.2, -0.15) is 11.8 Å². The molecule has 1 aromatic heterocycles. The lowest BCUT2D eigenvalue weighted by Crippen LogP contribution is -2.45. The van der Waals surface area contributed by atoms with Crippen LogP contribution in [0, 0.1) is 12.8 Å². The summed E-state index contributed by atoms with van der Waals surface area (Å²) in [6, 6.07) is 0. The molecule has 0 spiro atoms. The summed E-state index contributed by atoms with van der Waals surface area (Å²) in [5.41, 5.74) is 2.61. The molecule has 1 amide bonds. The summed E-state index contributed by atoms with van der Waals surface area (Å²) < 4.78 is 0. The van der Waals surface area contributed by atoms with Crippen LogP contribution in [-0.4, -0.2) is 58.5 Å². The Morgan fingerprint density at radius 3 is 2.58 bits per heavy atom. The summed E-state index contributed by atoms with van der Waals surface area (Å²) in [6.07, 6.45) is 5.31. The standard InChI is InChI=1S/C18H26N4OS/c1-13-19-16-4-2-3-15(16)17(20-13)21-7-5-14(6-8-21)18(23)22-9-11-24-12-10-22/h14H,2-12H2,1H3. The lowest BCUT2D eigenvalue weighted by atomic mass is 9.95. The van der Waals surface area contributed by atoms with E-state index in [-0.39, 0.29) is 5.92 Å². The van der Waals surface area contributed by atoms with Crippen molar-refractivity contribution < 1.29 is 4.79 Å². The summed E-state index contributed by atoms with van der Waals surface area (Å²) in [5.74, 6) is 4.82. The molecular formula is C18H26N4OS. The number of carbonyl (C=O) groups excluding carboxylic acids is 1. The fourth-order valence-electron chi connectivity index (χ4n) is 4.17. The average Bonchev–Trinajstić information content (AvgIpc) is 3.09. The van der Waals surface area contributed by atoms with Gasteiger partial charge in [0.15, 0.2) is 0 Å². The van der Waals surface area contributed by atoms with Gasteiger partial charge in [0.05, 0.1) is 0 Å². The Kier molecular flexibility index (Phi) is 4.66. The van der Waals surface area contributed by atoms with Gasteiger partial charge in [-0.05, 0) is 39.0 Å². The summed E-state index contributed by atoms with van der Waals surface area (Å²) in [6.45, 7) is 5.75. The molecule has 0 bridgehead atoms. The van der Waals surface area contributed by atoms with Crippen molar-refractivity contribution in [2.24, 2.45) is 5.92 Å². The van der Waals surface area contributed by atoms with Crippen molar-refractivity contribution in [3.8, 4) is 0 Å². The van der Waals surface area contributed by atoms with E-state index in [0.29, 0.717) is 5.91 Å². The van der Waals surface area contributed by atoms with Crippen molar-refractivity contribution >= 4 is 23.5 Å². The number of nitrogens with zero attached hydrogens (tertiary/aromatic N) is 4. The minimum Gasteiger partial charge on any atom is -0.356 e. The molecule has 3 aliphatic rings. The van der Waals surface area contributed by atoms with Crippen molar-refractivity contribution in [3.05, 3.63) is 17.1 Å². The summed E-state index contributed by atoms with van der Waals surface area (Å²) in [5, 5.41) is 0. The smallest absolute Gasteiger partial charge is 0.225 e. The Hall–Kier alpha value is -1.30. The summed E-state index contributed by atoms with van der Waals surface area (Å²) in [4.78, 5) is 26.6. The molecule has 3 heterocycles. The van der Waals surface area contributed by atoms with Gasteiger partial charge >= 0.3 is 0 Å². The highest BCUT2D eigenvalue weighted by Gasteiger charge is 2.31. The third-order valence-corrected chi connectivity index (χ3v) is 6.43. The quantitative estimate of drug-likeness (QED) is 0.820. The van der Waals surface area contributed by atoms with Gasteiger partial charge in [-0.1, -0.05) is 0 Å². The third kappa shape index (κ3) is 3.13. The van der Waals surface area contributed by atoms with E-state index in [4.69, 9.17) is 4.98 Å². The first-order valence-corrected chi connectivity index (χ1v) is 10.4. The maximum atomic E-state index is 12.7. The van der Waals surface area contributed by atoms with Crippen LogP contribution in [0.4, 0.5) is 5.82 Å². The van der Waals surface area contributed by atoms with Crippen LogP contribution in [0.2, 0.25) is 0 Å². The molecule has 5 nitrogen and oxygen atoms in total. The highest BCUT2D eigenvalue weighted by Crippen LogP contribution is 2.32. The second-order valence-corrected chi connectivity index (χ2v) is 8.30. The van der Waals surface area contributed by atoms with Crippen molar-refractivity contribution in [2.45, 2.75) is 39.0 Å². The molecule has 0 saturated carbocycles. The Labute approximate surface area is 148 Å². The number of anilines is 1. The normalized spacial score (nSPS) is 21.9. The van der Waals surface area contributed by atoms with Gasteiger partial charge in [-0.15, -0.1) is 0 Å². The SMILES string of the molecule is Cc1nc2c(c(N3CCC(C(=O)N4CCSCC4)CC3)n1)CCC2. The van der Waals surface area contributed by atoms with Crippen LogP contribution in [0.25, 0.3) is 0 Å². The van der Waals surface area contributed by atoms with Gasteiger partial charge in [-0.25, -0.2) is 9.97 Å². The molecule has 24 heavy (non-hydrogen) atoms. The first kappa shape index (κ1) is 16.2. The topological polar surface area (TPSA) is 49.3 Å². The predicted octanol–water partition coefficient (Wildman–Crippen LogP) is 2.07. The molecule has 0 atom stereocenters. The van der Waals surface area contributed by atoms with Crippen LogP contribution in [0.5, 0.6) is 0 Å². The molecular weight excluding hydrogens is 320 g/mol. The number of aromatic nitrogens is 2. The van der Waals surface area contributed by atoms with E-state index >= 15 is 0 Å². The van der Waals surface area contributed by atoms with Crippen LogP contribution < -0.4 is 4.90 Å². The molecule has 1 aliphatic carbocycles. The number of amides is 1. The van der Waals surface area contributed by atoms with Crippen LogP contribution in [0.15, 0.2) is 0 Å². The zero-order valence-corrected chi connectivity index (χ0v) is 15.3. The average molecular weight is 347 g/mol. The molecule has 2 saturated heterocycles. The molecule has 4 rings (SSSR count). The number of thioether (sulfide) groups is 1. The van der Waals surface area contributed by atoms with E-state index in [9.17, 15) is 4.79 Å². The number of hydrogen-bond acceptors (Lipinski definition) is 5. The number of rotatable bonds is 2. The van der Waals surface area contributed by atoms with Gasteiger partial charge in [0.25, 0.3) is 0 Å². The lowest BCUT2D eigenvalue weighted by molar-refractivity contribution is -0.135. The number of fused-ring (bicyclic) bond motifs is 1. The Morgan fingerprint density at radius 2 is 1.83 bits per heavy atom. The number of carbonyl (C=O) groups is 1. The Morgan fingerprint density at radius 1 is 1.08 bits per heavy atom. The van der Waals surface area contributed by atoms with Crippen molar-refractivity contribution in [3.63, 3.8) is 0 Å². The maximum absolute atomic E-state index is 12.7. The first-order valence-electron chi connectivity index (χ1n) is 9.20. The van der Waals surface area contributed by atoms with Gasteiger partial charge in [0, 0.05) is 54.9 Å². The zero-order valence-electron chi connectivity index (χ0n) is 14.5. The molecule has 2 fully saturated rings. The van der Waals surface area contributed by atoms with Crippen LogP contribution in [-0.2, 0) is 17.6 Å². The second kappa shape index (κ2) is 6.90. The van der Waals surface area contributed by atoms with Gasteiger partial charge in [0.2, 0.25) is 5.91 Å². The number of hydrogen-bond donors (Lipinski definition) is 0. The number of aryl methyl sites for hydroxylation is 2. The minimum absolute atomic E-state index is 0.209. The lowest BCUT2D eigenvalue weighted by Gasteiger charge is -2.36. The zero-order chi connectivity index (χ0) is 16.5. The third-order valence-electron chi connectivity index (χ3n) is 5.49. The molecule has 0 radical (unpaired) electrons. The van der Waals surface area contributed by atoms with Crippen molar-refractivity contribution in [1.82, 2.24) is 14.9 Å². The number of piperidine rings is 1. The van der Waals surface area contributed by atoms with Gasteiger partial charge < -0.3 is 9.80 Å². The molecule has 130 valence electrons. The molecule has 1 aromatic rings. The summed E-state index contributed by atoms with van der Waals surface area (Å²) >= 11 is 1.96. The van der Waals surface area contributed by atoms with Crippen molar-refractivity contribution in [1.29, 1.82) is 0 Å². The first-order chi connectivity index (χ1) is 11.7. The summed E-state index contributed by atoms with van der Waals surface area (Å²) in [7, 11) is 0. The Bertz CT molecular complexity index is 622. The Balaban J connectivity index is 1.42. The highest BCUT2D eigenvalue weighted by molar-refractivity contribution is 7.99. The van der Waals surface area contributed by atoms with E-state index in [0.717, 1.165) is 75.0 Å². The van der Waals surface area contributed by atoms with Gasteiger partial charge in [-0.3, -0.25) is 4.79 Å². The van der Waals surface area contributed by atoms with E-state index in [1.807, 2.05) is 18.7 Å². The van der Waals surface area contributed by atoms with E-state index in [2.05, 4.69) is 14.8 Å². The van der Waals surface area contributed by atoms with Crippen LogP contribution in [0.3, 0.4) is 0 Å². The molecule has 0 aromatic carbocycles. The van der Waals surface area contributed by atoms with Crippen LogP contribution >= 0.6 is 11.8 Å². The van der Waals surface area contributed by atoms with E-state index in [1.54, 1.807) is 0 Å². The van der Waals surface area contributed by atoms with E-state index in [1.165, 1.54) is 17.7 Å². The minimum atomic E-state index is 0.209. The predicted molar refractivity (Wildman–Crippen MR) is 97.6 cm³/mol. The van der Waals surface area contributed by atoms with E-state index < -0.39 is 0 Å². The highest BCUT2D eigenvalue weighted by atomic mass is 32.2. The second-order valence-electron chi connectivity index (χ2n) is 7.07. The molecule has 0 unspecified atom stereocenters. The van der Waals surface area contributed by atoms with Crippen LogP contribution in [0.1, 0.15) is 36.3 Å². The fraction of sp³-hybridized carbons (Fsp3) is 0.722. The van der Waals surface area contributed by atoms with Gasteiger partial charge in [0.1, 0.15) is 11.6 Å². The molecule has 6 heteroatoms. The van der Waals surface area contributed by atoms with Crippen molar-refractivity contribution in [2.75, 3.05) is 42.6 Å². The monoisotopic (exact) mass is 346 g/mol. The molecule has 0 N–H and O–H groups in total. The largest absolute Gasteiger partial charge is 0.356 e. The molecule has 2 aliphatic heterocycles.